The fourth-order valence-corrected chi connectivity index (χ4v) is 1.82. The van der Waals surface area contributed by atoms with E-state index in [1.807, 2.05) is 30.3 Å². The first-order valence-corrected chi connectivity index (χ1v) is 6.47. The van der Waals surface area contributed by atoms with Crippen LogP contribution in [0, 0.1) is 0 Å². The van der Waals surface area contributed by atoms with Gasteiger partial charge in [0.25, 0.3) is 0 Å². The van der Waals surface area contributed by atoms with Gasteiger partial charge >= 0.3 is 6.03 Å². The van der Waals surface area contributed by atoms with Crippen molar-refractivity contribution in [3.05, 3.63) is 60.3 Å². The number of nitrogens with two attached hydrogens (primary N) is 1. The van der Waals surface area contributed by atoms with Crippen molar-refractivity contribution in [2.24, 2.45) is 5.73 Å². The van der Waals surface area contributed by atoms with Gasteiger partial charge in [0.1, 0.15) is 11.9 Å². The predicted molar refractivity (Wildman–Crippen MR) is 79.5 cm³/mol. The molecule has 6 nitrogen and oxygen atoms in total. The molecule has 0 saturated carbocycles. The summed E-state index contributed by atoms with van der Waals surface area (Å²) in [6.07, 6.45) is 1.90. The second-order valence-electron chi connectivity index (χ2n) is 4.46. The van der Waals surface area contributed by atoms with Crippen molar-refractivity contribution < 1.29 is 9.59 Å². The Balaban J connectivity index is 1.96. The van der Waals surface area contributed by atoms with Gasteiger partial charge < -0.3 is 11.1 Å². The van der Waals surface area contributed by atoms with E-state index in [4.69, 9.17) is 5.73 Å². The number of nitrogens with zero attached hydrogens (tertiary/aromatic N) is 1. The molecule has 0 aliphatic carbocycles. The number of carbonyl (C=O) groups is 2. The number of nitrogens with one attached hydrogen (secondary N) is 2. The third-order valence-electron chi connectivity index (χ3n) is 2.84. The van der Waals surface area contributed by atoms with Crippen LogP contribution in [0.3, 0.4) is 0 Å². The van der Waals surface area contributed by atoms with E-state index in [0.29, 0.717) is 12.2 Å². The molecule has 2 aromatic rings. The van der Waals surface area contributed by atoms with Crippen LogP contribution in [0.1, 0.15) is 5.56 Å². The molecular formula is C15H16N4O2. The summed E-state index contributed by atoms with van der Waals surface area (Å²) in [5.41, 5.74) is 6.25. The highest BCUT2D eigenvalue weighted by atomic mass is 16.2. The molecule has 0 saturated heterocycles. The van der Waals surface area contributed by atoms with Crippen LogP contribution in [0.15, 0.2) is 54.7 Å². The van der Waals surface area contributed by atoms with E-state index in [0.717, 1.165) is 5.56 Å². The minimum atomic E-state index is -0.781. The average molecular weight is 284 g/mol. The van der Waals surface area contributed by atoms with Gasteiger partial charge in [-0.15, -0.1) is 0 Å². The van der Waals surface area contributed by atoms with E-state index >= 15 is 0 Å². The number of aromatic nitrogens is 1. The Morgan fingerprint density at radius 3 is 2.43 bits per heavy atom. The quantitative estimate of drug-likeness (QED) is 0.772. The van der Waals surface area contributed by atoms with E-state index in [1.165, 1.54) is 0 Å². The van der Waals surface area contributed by atoms with Crippen LogP contribution < -0.4 is 16.4 Å². The molecule has 1 aromatic heterocycles. The lowest BCUT2D eigenvalue weighted by molar-refractivity contribution is -0.119. The summed E-state index contributed by atoms with van der Waals surface area (Å²) in [6.45, 7) is 0. The van der Waals surface area contributed by atoms with Crippen molar-refractivity contribution in [3.8, 4) is 0 Å². The van der Waals surface area contributed by atoms with Crippen LogP contribution in [0.4, 0.5) is 10.6 Å². The second-order valence-corrected chi connectivity index (χ2v) is 4.46. The molecule has 3 amide bonds. The van der Waals surface area contributed by atoms with Crippen LogP contribution in [-0.4, -0.2) is 23.0 Å². The number of amides is 3. The third-order valence-corrected chi connectivity index (χ3v) is 2.84. The molecule has 1 aromatic carbocycles. The van der Waals surface area contributed by atoms with Gasteiger partial charge in [-0.1, -0.05) is 36.4 Å². The SMILES string of the molecule is NC(=O)[C@H](Cc1ccccc1)NC(=O)Nc1ccccn1. The Hall–Kier alpha value is -2.89. The van der Waals surface area contributed by atoms with Crippen LogP contribution in [0.25, 0.3) is 0 Å². The zero-order chi connectivity index (χ0) is 15.1. The van der Waals surface area contributed by atoms with Crippen LogP contribution in [0.2, 0.25) is 0 Å². The molecule has 0 aliphatic rings. The summed E-state index contributed by atoms with van der Waals surface area (Å²) >= 11 is 0. The number of hydrogen-bond acceptors (Lipinski definition) is 3. The zero-order valence-corrected chi connectivity index (χ0v) is 11.3. The first-order chi connectivity index (χ1) is 10.1. The Morgan fingerprint density at radius 1 is 1.10 bits per heavy atom. The van der Waals surface area contributed by atoms with Crippen LogP contribution in [0.5, 0.6) is 0 Å². The highest BCUT2D eigenvalue weighted by molar-refractivity contribution is 5.92. The van der Waals surface area contributed by atoms with Crippen molar-refractivity contribution >= 4 is 17.8 Å². The number of benzene rings is 1. The number of rotatable bonds is 5. The number of anilines is 1. The number of urea groups is 1. The molecule has 0 aliphatic heterocycles. The molecule has 0 radical (unpaired) electrons. The van der Waals surface area contributed by atoms with Crippen LogP contribution >= 0.6 is 0 Å². The van der Waals surface area contributed by atoms with Crippen molar-refractivity contribution in [1.82, 2.24) is 10.3 Å². The second kappa shape index (κ2) is 7.04. The van der Waals surface area contributed by atoms with E-state index in [1.54, 1.807) is 24.4 Å². The van der Waals surface area contributed by atoms with Gasteiger partial charge in [0.15, 0.2) is 0 Å². The summed E-state index contributed by atoms with van der Waals surface area (Å²) in [4.78, 5) is 27.3. The normalized spacial score (nSPS) is 11.4. The van der Waals surface area contributed by atoms with Crippen molar-refractivity contribution in [2.45, 2.75) is 12.5 Å². The monoisotopic (exact) mass is 284 g/mol. The van der Waals surface area contributed by atoms with Gasteiger partial charge in [0, 0.05) is 12.6 Å². The maximum atomic E-state index is 11.8. The fraction of sp³-hybridized carbons (Fsp3) is 0.133. The number of pyridine rings is 1. The molecule has 2 rings (SSSR count). The average Bonchev–Trinajstić information content (AvgIpc) is 2.48. The van der Waals surface area contributed by atoms with Crippen molar-refractivity contribution in [2.75, 3.05) is 5.32 Å². The molecule has 4 N–H and O–H groups in total. The summed E-state index contributed by atoms with van der Waals surface area (Å²) in [5, 5.41) is 5.09. The topological polar surface area (TPSA) is 97.1 Å². The molecule has 6 heteroatoms. The molecule has 108 valence electrons. The molecule has 1 heterocycles. The maximum Gasteiger partial charge on any atom is 0.321 e. The van der Waals surface area contributed by atoms with Gasteiger partial charge in [-0.3, -0.25) is 10.1 Å². The number of primary amides is 1. The standard InChI is InChI=1S/C15H16N4O2/c16-14(20)12(10-11-6-2-1-3-7-11)18-15(21)19-13-8-4-5-9-17-13/h1-9,12H,10H2,(H2,16,20)(H2,17,18,19,21)/t12-/m0/s1. The molecule has 21 heavy (non-hydrogen) atoms. The molecule has 0 bridgehead atoms. The molecular weight excluding hydrogens is 268 g/mol. The molecule has 0 spiro atoms. The smallest absolute Gasteiger partial charge is 0.321 e. The minimum absolute atomic E-state index is 0.339. The maximum absolute atomic E-state index is 11.8. The summed E-state index contributed by atoms with van der Waals surface area (Å²) in [7, 11) is 0. The van der Waals surface area contributed by atoms with Gasteiger partial charge in [0.2, 0.25) is 5.91 Å². The Bertz CT molecular complexity index is 602. The van der Waals surface area contributed by atoms with Gasteiger partial charge in [-0.2, -0.15) is 0 Å². The first-order valence-electron chi connectivity index (χ1n) is 6.47. The van der Waals surface area contributed by atoms with E-state index in [2.05, 4.69) is 15.6 Å². The largest absolute Gasteiger partial charge is 0.368 e. The molecule has 0 fully saturated rings. The number of carbonyl (C=O) groups excluding carboxylic acids is 2. The third kappa shape index (κ3) is 4.61. The summed E-state index contributed by atoms with van der Waals surface area (Å²) in [5.74, 6) is -0.187. The van der Waals surface area contributed by atoms with Gasteiger partial charge in [-0.05, 0) is 17.7 Å². The lowest BCUT2D eigenvalue weighted by Crippen LogP contribution is -2.47. The fourth-order valence-electron chi connectivity index (χ4n) is 1.82. The Kier molecular flexibility index (Phi) is 4.87. The summed E-state index contributed by atoms with van der Waals surface area (Å²) in [6, 6.07) is 13.2. The van der Waals surface area contributed by atoms with Crippen molar-refractivity contribution in [1.29, 1.82) is 0 Å². The van der Waals surface area contributed by atoms with Crippen LogP contribution in [-0.2, 0) is 11.2 Å². The zero-order valence-electron chi connectivity index (χ0n) is 11.3. The molecule has 0 unspecified atom stereocenters. The first kappa shape index (κ1) is 14.5. The van der Waals surface area contributed by atoms with E-state index in [-0.39, 0.29) is 0 Å². The lowest BCUT2D eigenvalue weighted by Gasteiger charge is -2.15. The van der Waals surface area contributed by atoms with E-state index in [9.17, 15) is 9.59 Å². The number of hydrogen-bond donors (Lipinski definition) is 3. The highest BCUT2D eigenvalue weighted by Crippen LogP contribution is 2.04. The van der Waals surface area contributed by atoms with E-state index < -0.39 is 18.0 Å². The predicted octanol–water partition coefficient (Wildman–Crippen LogP) is 1.30. The van der Waals surface area contributed by atoms with Crippen molar-refractivity contribution in [3.63, 3.8) is 0 Å². The Labute approximate surface area is 122 Å². The van der Waals surface area contributed by atoms with Gasteiger partial charge in [-0.25, -0.2) is 9.78 Å². The highest BCUT2D eigenvalue weighted by Gasteiger charge is 2.18. The van der Waals surface area contributed by atoms with Gasteiger partial charge in [0.05, 0.1) is 0 Å². The minimum Gasteiger partial charge on any atom is -0.368 e. The lowest BCUT2D eigenvalue weighted by atomic mass is 10.1. The molecule has 1 atom stereocenters. The Morgan fingerprint density at radius 2 is 1.81 bits per heavy atom. The summed E-state index contributed by atoms with van der Waals surface area (Å²) < 4.78 is 0.